The van der Waals surface area contributed by atoms with Gasteiger partial charge in [-0.25, -0.2) is 0 Å². The molecule has 0 saturated carbocycles. The maximum absolute atomic E-state index is 10.6. The van der Waals surface area contributed by atoms with Crippen LogP contribution in [0, 0.1) is 0 Å². The minimum Gasteiger partial charge on any atom is -0.368 e. The molecule has 0 aliphatic carbocycles. The van der Waals surface area contributed by atoms with E-state index in [1.165, 1.54) is 0 Å². The van der Waals surface area contributed by atoms with Gasteiger partial charge >= 0.3 is 0 Å². The number of likely N-dealkylation sites (N-methyl/N-ethyl adjacent to an activating group) is 1. The molecule has 0 bridgehead atoms. The van der Waals surface area contributed by atoms with Crippen LogP contribution in [0.2, 0.25) is 0 Å². The predicted octanol–water partition coefficient (Wildman–Crippen LogP) is 0.592. The molecular formula is C8H18N2O. The first-order chi connectivity index (χ1) is 5.22. The molecule has 0 aromatic rings. The third kappa shape index (κ3) is 2.89. The van der Waals surface area contributed by atoms with Crippen LogP contribution in [0.3, 0.4) is 0 Å². The van der Waals surface area contributed by atoms with E-state index in [-0.39, 0.29) is 11.9 Å². The fourth-order valence-electron chi connectivity index (χ4n) is 1.27. The molecule has 1 amide bonds. The van der Waals surface area contributed by atoms with E-state index in [4.69, 9.17) is 5.73 Å². The topological polar surface area (TPSA) is 46.3 Å². The van der Waals surface area contributed by atoms with Gasteiger partial charge in [0.25, 0.3) is 0 Å². The van der Waals surface area contributed by atoms with Crippen molar-refractivity contribution in [3.8, 4) is 0 Å². The predicted molar refractivity (Wildman–Crippen MR) is 46.2 cm³/mol. The van der Waals surface area contributed by atoms with E-state index in [9.17, 15) is 4.79 Å². The molecule has 0 aromatic carbocycles. The molecule has 1 heterocycles. The Balaban J connectivity index is 0.000000461. The van der Waals surface area contributed by atoms with Gasteiger partial charge in [0.2, 0.25) is 5.91 Å². The summed E-state index contributed by atoms with van der Waals surface area (Å²) in [5.74, 6) is -0.185. The van der Waals surface area contributed by atoms with Crippen LogP contribution in [0.4, 0.5) is 0 Å². The maximum Gasteiger partial charge on any atom is 0.234 e. The van der Waals surface area contributed by atoms with Crippen molar-refractivity contribution in [2.24, 2.45) is 5.73 Å². The number of amides is 1. The van der Waals surface area contributed by atoms with Crippen LogP contribution < -0.4 is 5.73 Å². The highest BCUT2D eigenvalue weighted by Crippen LogP contribution is 2.13. The summed E-state index contributed by atoms with van der Waals surface area (Å²) in [4.78, 5) is 12.6. The van der Waals surface area contributed by atoms with Crippen molar-refractivity contribution >= 4 is 5.91 Å². The number of nitrogens with zero attached hydrogens (tertiary/aromatic N) is 1. The average molecular weight is 158 g/mol. The Kier molecular flexibility index (Phi) is 4.86. The Morgan fingerprint density at radius 2 is 2.09 bits per heavy atom. The van der Waals surface area contributed by atoms with Crippen molar-refractivity contribution in [3.05, 3.63) is 0 Å². The molecule has 3 nitrogen and oxygen atoms in total. The summed E-state index contributed by atoms with van der Waals surface area (Å²) in [6.07, 6.45) is 2.04. The lowest BCUT2D eigenvalue weighted by molar-refractivity contribution is -0.121. The molecule has 1 unspecified atom stereocenters. The highest BCUT2D eigenvalue weighted by molar-refractivity contribution is 5.80. The van der Waals surface area contributed by atoms with Gasteiger partial charge in [-0.3, -0.25) is 9.69 Å². The third-order valence-corrected chi connectivity index (χ3v) is 1.85. The number of hydrogen-bond acceptors (Lipinski definition) is 2. The van der Waals surface area contributed by atoms with E-state index >= 15 is 0 Å². The fourth-order valence-corrected chi connectivity index (χ4v) is 1.27. The number of hydrogen-bond donors (Lipinski definition) is 1. The van der Waals surface area contributed by atoms with Crippen molar-refractivity contribution < 1.29 is 4.79 Å². The lowest BCUT2D eigenvalue weighted by atomic mass is 10.2. The van der Waals surface area contributed by atoms with Crippen molar-refractivity contribution in [2.45, 2.75) is 32.7 Å². The summed E-state index contributed by atoms with van der Waals surface area (Å²) in [7, 11) is 1.93. The van der Waals surface area contributed by atoms with Gasteiger partial charge in [0.1, 0.15) is 0 Å². The van der Waals surface area contributed by atoms with Crippen LogP contribution in [-0.2, 0) is 4.79 Å². The van der Waals surface area contributed by atoms with E-state index in [1.807, 2.05) is 25.8 Å². The number of likely N-dealkylation sites (tertiary alicyclic amines) is 1. The molecular weight excluding hydrogens is 140 g/mol. The van der Waals surface area contributed by atoms with Crippen LogP contribution in [-0.4, -0.2) is 30.4 Å². The number of carbonyl (C=O) groups is 1. The minimum absolute atomic E-state index is 0.00463. The first-order valence-corrected chi connectivity index (χ1v) is 4.21. The van der Waals surface area contributed by atoms with E-state index < -0.39 is 0 Å². The molecule has 2 N–H and O–H groups in total. The normalized spacial score (nSPS) is 24.1. The second-order valence-electron chi connectivity index (χ2n) is 2.54. The maximum atomic E-state index is 10.6. The Morgan fingerprint density at radius 1 is 1.55 bits per heavy atom. The number of nitrogens with two attached hydrogens (primary N) is 1. The van der Waals surface area contributed by atoms with Gasteiger partial charge in [-0.1, -0.05) is 13.8 Å². The Hall–Kier alpha value is -0.570. The first-order valence-electron chi connectivity index (χ1n) is 4.21. The molecule has 0 radical (unpaired) electrons. The summed E-state index contributed by atoms with van der Waals surface area (Å²) >= 11 is 0. The van der Waals surface area contributed by atoms with Crippen molar-refractivity contribution in [3.63, 3.8) is 0 Å². The Morgan fingerprint density at radius 3 is 2.27 bits per heavy atom. The molecule has 66 valence electrons. The lowest BCUT2D eigenvalue weighted by Crippen LogP contribution is -2.37. The Labute approximate surface area is 68.6 Å². The number of rotatable bonds is 1. The molecule has 1 aliphatic rings. The lowest BCUT2D eigenvalue weighted by Gasteiger charge is -2.14. The van der Waals surface area contributed by atoms with E-state index in [0.29, 0.717) is 0 Å². The minimum atomic E-state index is -0.185. The molecule has 0 aromatic heterocycles. The van der Waals surface area contributed by atoms with Crippen molar-refractivity contribution in [1.82, 2.24) is 4.90 Å². The number of carbonyl (C=O) groups excluding carboxylic acids is 1. The summed E-state index contributed by atoms with van der Waals surface area (Å²) < 4.78 is 0. The molecule has 1 atom stereocenters. The summed E-state index contributed by atoms with van der Waals surface area (Å²) in [6, 6.07) is 0.00463. The third-order valence-electron chi connectivity index (χ3n) is 1.85. The van der Waals surface area contributed by atoms with E-state index in [1.54, 1.807) is 0 Å². The van der Waals surface area contributed by atoms with Crippen LogP contribution in [0.15, 0.2) is 0 Å². The van der Waals surface area contributed by atoms with Gasteiger partial charge in [-0.05, 0) is 26.4 Å². The van der Waals surface area contributed by atoms with Gasteiger partial charge in [0.05, 0.1) is 6.04 Å². The molecule has 1 aliphatic heterocycles. The molecule has 1 saturated heterocycles. The van der Waals surface area contributed by atoms with Crippen LogP contribution in [0.25, 0.3) is 0 Å². The Bertz CT molecular complexity index is 125. The molecule has 1 fully saturated rings. The zero-order valence-electron chi connectivity index (χ0n) is 7.63. The highest BCUT2D eigenvalue weighted by Gasteiger charge is 2.24. The quantitative estimate of drug-likeness (QED) is 0.607. The highest BCUT2D eigenvalue weighted by atomic mass is 16.1. The monoisotopic (exact) mass is 158 g/mol. The average Bonchev–Trinajstić information content (AvgIpc) is 2.39. The van der Waals surface area contributed by atoms with Crippen LogP contribution >= 0.6 is 0 Å². The summed E-state index contributed by atoms with van der Waals surface area (Å²) in [5, 5.41) is 0. The standard InChI is InChI=1S/C6H12N2O.C2H6/c1-8-4-2-3-5(8)6(7)9;1-2/h5H,2-4H2,1H3,(H2,7,9);1-2H3. The largest absolute Gasteiger partial charge is 0.368 e. The molecule has 11 heavy (non-hydrogen) atoms. The number of primary amides is 1. The van der Waals surface area contributed by atoms with Crippen LogP contribution in [0.1, 0.15) is 26.7 Å². The first kappa shape index (κ1) is 10.4. The SMILES string of the molecule is CC.CN1CCCC1C(N)=O. The summed E-state index contributed by atoms with van der Waals surface area (Å²) in [6.45, 7) is 5.01. The summed E-state index contributed by atoms with van der Waals surface area (Å²) in [5.41, 5.74) is 5.11. The van der Waals surface area contributed by atoms with Crippen molar-refractivity contribution in [1.29, 1.82) is 0 Å². The smallest absolute Gasteiger partial charge is 0.234 e. The zero-order valence-corrected chi connectivity index (χ0v) is 7.63. The molecule has 0 spiro atoms. The van der Waals surface area contributed by atoms with Crippen molar-refractivity contribution in [2.75, 3.05) is 13.6 Å². The van der Waals surface area contributed by atoms with Gasteiger partial charge in [-0.2, -0.15) is 0 Å². The second kappa shape index (κ2) is 5.13. The van der Waals surface area contributed by atoms with Gasteiger partial charge in [0, 0.05) is 0 Å². The second-order valence-corrected chi connectivity index (χ2v) is 2.54. The fraction of sp³-hybridized carbons (Fsp3) is 0.875. The molecule has 3 heteroatoms. The van der Waals surface area contributed by atoms with Gasteiger partial charge in [-0.15, -0.1) is 0 Å². The zero-order chi connectivity index (χ0) is 8.85. The van der Waals surface area contributed by atoms with Gasteiger partial charge in [0.15, 0.2) is 0 Å². The van der Waals surface area contributed by atoms with Gasteiger partial charge < -0.3 is 5.73 Å². The van der Waals surface area contributed by atoms with E-state index in [0.717, 1.165) is 19.4 Å². The van der Waals surface area contributed by atoms with E-state index in [2.05, 4.69) is 0 Å². The molecule has 1 rings (SSSR count). The van der Waals surface area contributed by atoms with Crippen LogP contribution in [0.5, 0.6) is 0 Å².